The summed E-state index contributed by atoms with van der Waals surface area (Å²) in [6.45, 7) is 0.142. The molecule has 138 valence electrons. The number of aromatic nitrogens is 1. The van der Waals surface area contributed by atoms with Crippen molar-refractivity contribution in [1.29, 1.82) is 0 Å². The Bertz CT molecular complexity index is 691. The third-order valence-corrected chi connectivity index (χ3v) is 4.56. The van der Waals surface area contributed by atoms with E-state index in [4.69, 9.17) is 14.6 Å². The highest BCUT2D eigenvalue weighted by Crippen LogP contribution is 2.28. The van der Waals surface area contributed by atoms with Gasteiger partial charge in [-0.25, -0.2) is 4.98 Å². The zero-order valence-corrected chi connectivity index (χ0v) is 14.6. The van der Waals surface area contributed by atoms with Crippen molar-refractivity contribution in [3.05, 3.63) is 48.7 Å². The van der Waals surface area contributed by atoms with Gasteiger partial charge in [0.05, 0.1) is 0 Å². The molecule has 1 heterocycles. The minimum atomic E-state index is -0.131. The summed E-state index contributed by atoms with van der Waals surface area (Å²) in [6, 6.07) is 12.7. The summed E-state index contributed by atoms with van der Waals surface area (Å²) < 4.78 is 11.2. The summed E-state index contributed by atoms with van der Waals surface area (Å²) in [5.74, 6) is 2.01. The molecule has 6 heteroatoms. The fourth-order valence-corrected chi connectivity index (χ4v) is 3.27. The number of carbonyl (C=O) groups excluding carboxylic acids is 1. The molecule has 0 unspecified atom stereocenters. The number of nitrogens with zero attached hydrogens (tertiary/aromatic N) is 1. The standard InChI is InChI=1S/C20H24N2O4/c23-13-11-15-4-3-5-18(15)22-19(24)14-25-16-7-9-17(10-8-16)26-20-6-1-2-12-21-20/h1-2,6-10,12,15,18,23H,3-5,11,13-14H2,(H,22,24)/t15-,18+/m0/s1. The Hall–Kier alpha value is -2.60. The fraction of sp³-hybridized carbons (Fsp3) is 0.400. The molecule has 1 fully saturated rings. The summed E-state index contributed by atoms with van der Waals surface area (Å²) in [5, 5.41) is 12.1. The molecule has 0 spiro atoms. The van der Waals surface area contributed by atoms with Crippen LogP contribution in [0, 0.1) is 5.92 Å². The van der Waals surface area contributed by atoms with E-state index in [1.165, 1.54) is 0 Å². The van der Waals surface area contributed by atoms with Gasteiger partial charge >= 0.3 is 0 Å². The van der Waals surface area contributed by atoms with Crippen LogP contribution in [-0.4, -0.2) is 35.3 Å². The van der Waals surface area contributed by atoms with Crippen LogP contribution >= 0.6 is 0 Å². The first kappa shape index (κ1) is 18.2. The van der Waals surface area contributed by atoms with Crippen molar-refractivity contribution in [3.63, 3.8) is 0 Å². The molecule has 1 aliphatic carbocycles. The second-order valence-electron chi connectivity index (χ2n) is 6.41. The molecule has 1 amide bonds. The van der Waals surface area contributed by atoms with Crippen LogP contribution in [0.5, 0.6) is 17.4 Å². The number of benzene rings is 1. The molecule has 0 bridgehead atoms. The highest BCUT2D eigenvalue weighted by molar-refractivity contribution is 5.77. The first-order valence-corrected chi connectivity index (χ1v) is 8.96. The molecule has 0 saturated heterocycles. The molecule has 1 saturated carbocycles. The van der Waals surface area contributed by atoms with Crippen LogP contribution in [0.3, 0.4) is 0 Å². The van der Waals surface area contributed by atoms with Crippen molar-refractivity contribution in [2.45, 2.75) is 31.7 Å². The van der Waals surface area contributed by atoms with E-state index in [1.807, 2.05) is 12.1 Å². The summed E-state index contributed by atoms with van der Waals surface area (Å²) in [7, 11) is 0. The maximum Gasteiger partial charge on any atom is 0.258 e. The number of nitrogens with one attached hydrogen (secondary N) is 1. The van der Waals surface area contributed by atoms with Gasteiger partial charge in [0.1, 0.15) is 11.5 Å². The van der Waals surface area contributed by atoms with E-state index >= 15 is 0 Å². The maximum absolute atomic E-state index is 12.1. The predicted molar refractivity (Wildman–Crippen MR) is 97.2 cm³/mol. The van der Waals surface area contributed by atoms with Gasteiger partial charge in [-0.1, -0.05) is 12.5 Å². The van der Waals surface area contributed by atoms with E-state index in [0.717, 1.165) is 25.7 Å². The second kappa shape index (κ2) is 9.20. The second-order valence-corrected chi connectivity index (χ2v) is 6.41. The van der Waals surface area contributed by atoms with Gasteiger partial charge in [0.15, 0.2) is 6.61 Å². The largest absolute Gasteiger partial charge is 0.484 e. The third kappa shape index (κ3) is 5.20. The molecular weight excluding hydrogens is 332 g/mol. The number of amides is 1. The van der Waals surface area contributed by atoms with E-state index in [-0.39, 0.29) is 25.2 Å². The fourth-order valence-electron chi connectivity index (χ4n) is 3.27. The number of carbonyl (C=O) groups is 1. The Labute approximate surface area is 153 Å². The summed E-state index contributed by atoms with van der Waals surface area (Å²) in [4.78, 5) is 16.2. The smallest absolute Gasteiger partial charge is 0.258 e. The number of pyridine rings is 1. The van der Waals surface area contributed by atoms with Gasteiger partial charge in [-0.3, -0.25) is 4.79 Å². The maximum atomic E-state index is 12.1. The highest BCUT2D eigenvalue weighted by atomic mass is 16.5. The molecule has 1 aromatic heterocycles. The molecule has 0 radical (unpaired) electrons. The van der Waals surface area contributed by atoms with Crippen LogP contribution in [0.15, 0.2) is 48.7 Å². The zero-order chi connectivity index (χ0) is 18.2. The van der Waals surface area contributed by atoms with Gasteiger partial charge in [-0.15, -0.1) is 0 Å². The Morgan fingerprint density at radius 1 is 1.15 bits per heavy atom. The van der Waals surface area contributed by atoms with E-state index in [1.54, 1.807) is 36.5 Å². The number of aliphatic hydroxyl groups excluding tert-OH is 1. The van der Waals surface area contributed by atoms with Crippen molar-refractivity contribution < 1.29 is 19.4 Å². The van der Waals surface area contributed by atoms with E-state index in [0.29, 0.717) is 23.3 Å². The van der Waals surface area contributed by atoms with Gasteiger partial charge in [-0.05, 0) is 55.5 Å². The lowest BCUT2D eigenvalue weighted by Crippen LogP contribution is -2.40. The average Bonchev–Trinajstić information content (AvgIpc) is 3.09. The topological polar surface area (TPSA) is 80.7 Å². The Balaban J connectivity index is 1.45. The molecule has 1 aliphatic rings. The van der Waals surface area contributed by atoms with Gasteiger partial charge in [0, 0.05) is 24.9 Å². The molecule has 1 aromatic carbocycles. The molecule has 2 N–H and O–H groups in total. The van der Waals surface area contributed by atoms with Crippen molar-refractivity contribution in [1.82, 2.24) is 10.3 Å². The number of hydrogen-bond donors (Lipinski definition) is 2. The van der Waals surface area contributed by atoms with Gasteiger partial charge < -0.3 is 19.9 Å². The van der Waals surface area contributed by atoms with Gasteiger partial charge in [-0.2, -0.15) is 0 Å². The first-order valence-electron chi connectivity index (χ1n) is 8.96. The lowest BCUT2D eigenvalue weighted by Gasteiger charge is -2.20. The molecular formula is C20H24N2O4. The summed E-state index contributed by atoms with van der Waals surface area (Å²) >= 11 is 0. The number of hydrogen-bond acceptors (Lipinski definition) is 5. The van der Waals surface area contributed by atoms with Crippen LogP contribution in [-0.2, 0) is 4.79 Å². The van der Waals surface area contributed by atoms with Crippen LogP contribution in [0.2, 0.25) is 0 Å². The number of ether oxygens (including phenoxy) is 2. The molecule has 2 atom stereocenters. The van der Waals surface area contributed by atoms with Gasteiger partial charge in [0.2, 0.25) is 5.88 Å². The SMILES string of the molecule is O=C(COc1ccc(Oc2ccccn2)cc1)N[C@@H]1CCC[C@H]1CCO. The minimum Gasteiger partial charge on any atom is -0.484 e. The van der Waals surface area contributed by atoms with E-state index < -0.39 is 0 Å². The molecule has 0 aliphatic heterocycles. The Morgan fingerprint density at radius 2 is 1.96 bits per heavy atom. The average molecular weight is 356 g/mol. The van der Waals surface area contributed by atoms with Crippen molar-refractivity contribution in [2.75, 3.05) is 13.2 Å². The monoisotopic (exact) mass is 356 g/mol. The third-order valence-electron chi connectivity index (χ3n) is 4.56. The minimum absolute atomic E-state index is 0.0250. The lowest BCUT2D eigenvalue weighted by atomic mass is 10.00. The molecule has 6 nitrogen and oxygen atoms in total. The normalized spacial score (nSPS) is 19.1. The Kier molecular flexibility index (Phi) is 6.44. The van der Waals surface area contributed by atoms with Crippen LogP contribution in [0.25, 0.3) is 0 Å². The van der Waals surface area contributed by atoms with Crippen molar-refractivity contribution in [2.24, 2.45) is 5.92 Å². The highest BCUT2D eigenvalue weighted by Gasteiger charge is 2.27. The van der Waals surface area contributed by atoms with Crippen LogP contribution in [0.4, 0.5) is 0 Å². The van der Waals surface area contributed by atoms with Crippen LogP contribution in [0.1, 0.15) is 25.7 Å². The summed E-state index contributed by atoms with van der Waals surface area (Å²) in [5.41, 5.74) is 0. The number of rotatable bonds is 8. The van der Waals surface area contributed by atoms with Crippen LogP contribution < -0.4 is 14.8 Å². The Morgan fingerprint density at radius 3 is 2.69 bits per heavy atom. The molecule has 2 aromatic rings. The molecule has 3 rings (SSSR count). The molecule has 26 heavy (non-hydrogen) atoms. The van der Waals surface area contributed by atoms with Gasteiger partial charge in [0.25, 0.3) is 5.91 Å². The van der Waals surface area contributed by atoms with E-state index in [9.17, 15) is 4.79 Å². The predicted octanol–water partition coefficient (Wildman–Crippen LogP) is 2.92. The quantitative estimate of drug-likeness (QED) is 0.760. The summed E-state index contributed by atoms with van der Waals surface area (Å²) in [6.07, 6.45) is 5.53. The first-order chi connectivity index (χ1) is 12.7. The van der Waals surface area contributed by atoms with Crippen molar-refractivity contribution >= 4 is 5.91 Å². The zero-order valence-electron chi connectivity index (χ0n) is 14.6. The number of aliphatic hydroxyl groups is 1. The van der Waals surface area contributed by atoms with Crippen molar-refractivity contribution in [3.8, 4) is 17.4 Å². The van der Waals surface area contributed by atoms with E-state index in [2.05, 4.69) is 10.3 Å². The lowest BCUT2D eigenvalue weighted by molar-refractivity contribution is -0.124.